The molecule has 0 saturated heterocycles. The fourth-order valence-corrected chi connectivity index (χ4v) is 2.44. The second-order valence-corrected chi connectivity index (χ2v) is 6.17. The average Bonchev–Trinajstić information content (AvgIpc) is 2.36. The molecule has 21 heavy (non-hydrogen) atoms. The lowest BCUT2D eigenvalue weighted by molar-refractivity contribution is 0.121. The van der Waals surface area contributed by atoms with Crippen LogP contribution in [-0.4, -0.2) is 27.7 Å². The maximum Gasteiger partial charge on any atom is 0.422 e. The number of benzene rings is 1. The van der Waals surface area contributed by atoms with E-state index in [1.807, 2.05) is 6.92 Å². The van der Waals surface area contributed by atoms with Crippen molar-refractivity contribution in [3.8, 4) is 0 Å². The van der Waals surface area contributed by atoms with Gasteiger partial charge in [-0.1, -0.05) is 18.2 Å². The molecule has 1 aromatic rings. The summed E-state index contributed by atoms with van der Waals surface area (Å²) in [4.78, 5) is 11.4. The molecule has 0 aliphatic heterocycles. The predicted octanol–water partition coefficient (Wildman–Crippen LogP) is 1.76. The fraction of sp³-hybridized carbons (Fsp3) is 0.462. The molecule has 1 rings (SSSR count). The first-order valence-electron chi connectivity index (χ1n) is 6.52. The van der Waals surface area contributed by atoms with E-state index in [0.29, 0.717) is 5.69 Å². The molecule has 1 unspecified atom stereocenters. The number of hydrogen-bond donors (Lipinski definition) is 3. The highest BCUT2D eigenvalue weighted by Crippen LogP contribution is 2.22. The Morgan fingerprint density at radius 1 is 1.19 bits per heavy atom. The number of hydrogen-bond acceptors (Lipinski definition) is 5. The first kappa shape index (κ1) is 17.3. The van der Waals surface area contributed by atoms with Gasteiger partial charge in [-0.25, -0.2) is 9.52 Å². The smallest absolute Gasteiger partial charge is 0.422 e. The number of para-hydroxylation sites is 1. The average molecular weight is 315 g/mol. The maximum absolute atomic E-state index is 11.9. The van der Waals surface area contributed by atoms with Crippen LogP contribution in [0.1, 0.15) is 32.4 Å². The van der Waals surface area contributed by atoms with Gasteiger partial charge in [-0.15, -0.1) is 0 Å². The molecule has 0 aliphatic carbocycles. The normalized spacial score (nSPS) is 12.8. The van der Waals surface area contributed by atoms with Crippen molar-refractivity contribution in [2.24, 2.45) is 0 Å². The Balaban J connectivity index is 2.87. The van der Waals surface area contributed by atoms with Crippen LogP contribution in [-0.2, 0) is 14.9 Å². The third kappa shape index (κ3) is 5.60. The van der Waals surface area contributed by atoms with Gasteiger partial charge in [0.25, 0.3) is 0 Å². The van der Waals surface area contributed by atoms with Crippen molar-refractivity contribution in [2.45, 2.75) is 32.9 Å². The van der Waals surface area contributed by atoms with Gasteiger partial charge in [0.15, 0.2) is 0 Å². The second kappa shape index (κ2) is 7.28. The van der Waals surface area contributed by atoms with Crippen molar-refractivity contribution in [3.63, 3.8) is 0 Å². The van der Waals surface area contributed by atoms with Crippen LogP contribution in [0.5, 0.6) is 0 Å². The van der Waals surface area contributed by atoms with Crippen LogP contribution in [0.25, 0.3) is 0 Å². The summed E-state index contributed by atoms with van der Waals surface area (Å²) in [5.74, 6) is 0. The van der Waals surface area contributed by atoms with E-state index in [4.69, 9.17) is 4.74 Å². The van der Waals surface area contributed by atoms with Crippen molar-refractivity contribution < 1.29 is 17.9 Å². The zero-order chi connectivity index (χ0) is 16.0. The minimum Gasteiger partial charge on any atom is -0.446 e. The van der Waals surface area contributed by atoms with Crippen LogP contribution >= 0.6 is 0 Å². The predicted molar refractivity (Wildman–Crippen MR) is 81.2 cm³/mol. The van der Waals surface area contributed by atoms with E-state index in [1.165, 1.54) is 0 Å². The zero-order valence-corrected chi connectivity index (χ0v) is 13.3. The summed E-state index contributed by atoms with van der Waals surface area (Å²) in [5, 5.41) is 3.03. The van der Waals surface area contributed by atoms with E-state index < -0.39 is 22.4 Å². The largest absolute Gasteiger partial charge is 0.446 e. The molecule has 1 atom stereocenters. The highest BCUT2D eigenvalue weighted by Gasteiger charge is 2.18. The highest BCUT2D eigenvalue weighted by molar-refractivity contribution is 7.91. The van der Waals surface area contributed by atoms with Gasteiger partial charge in [0, 0.05) is 6.04 Å². The van der Waals surface area contributed by atoms with E-state index >= 15 is 0 Å². The van der Waals surface area contributed by atoms with Gasteiger partial charge in [-0.3, -0.25) is 4.72 Å². The van der Waals surface area contributed by atoms with Crippen molar-refractivity contribution in [1.82, 2.24) is 10.0 Å². The molecule has 7 nitrogen and oxygen atoms in total. The summed E-state index contributed by atoms with van der Waals surface area (Å²) in [5.41, 5.74) is 1.16. The van der Waals surface area contributed by atoms with E-state index in [2.05, 4.69) is 10.0 Å². The second-order valence-electron chi connectivity index (χ2n) is 4.76. The van der Waals surface area contributed by atoms with Gasteiger partial charge in [0.2, 0.25) is 0 Å². The summed E-state index contributed by atoms with van der Waals surface area (Å²) >= 11 is 0. The molecular weight excluding hydrogens is 294 g/mol. The molecule has 3 N–H and O–H groups in total. The van der Waals surface area contributed by atoms with Gasteiger partial charge in [0.05, 0.1) is 11.8 Å². The Bertz CT molecular complexity index is 587. The van der Waals surface area contributed by atoms with Crippen LogP contribution < -0.4 is 14.8 Å². The van der Waals surface area contributed by atoms with Gasteiger partial charge in [-0.2, -0.15) is 8.42 Å². The van der Waals surface area contributed by atoms with E-state index in [-0.39, 0.29) is 6.04 Å². The van der Waals surface area contributed by atoms with Crippen LogP contribution in [0.4, 0.5) is 10.5 Å². The topological polar surface area (TPSA) is 96.5 Å². The molecule has 1 aromatic carbocycles. The molecule has 1 amide bonds. The van der Waals surface area contributed by atoms with Crippen molar-refractivity contribution in [3.05, 3.63) is 29.8 Å². The minimum absolute atomic E-state index is 0.0495. The Morgan fingerprint density at radius 3 is 2.38 bits per heavy atom. The first-order valence-corrected chi connectivity index (χ1v) is 8.01. The first-order chi connectivity index (χ1) is 9.75. The molecule has 118 valence electrons. The quantitative estimate of drug-likeness (QED) is 0.743. The molecule has 0 bridgehead atoms. The molecule has 0 spiro atoms. The van der Waals surface area contributed by atoms with E-state index in [9.17, 15) is 13.2 Å². The molecule has 0 aliphatic rings. The molecule has 0 fully saturated rings. The lowest BCUT2D eigenvalue weighted by Gasteiger charge is -2.17. The molecule has 0 heterocycles. The van der Waals surface area contributed by atoms with Gasteiger partial charge in [0.1, 0.15) is 0 Å². The number of amides is 1. The van der Waals surface area contributed by atoms with Crippen LogP contribution in [0.3, 0.4) is 0 Å². The van der Waals surface area contributed by atoms with Crippen molar-refractivity contribution in [2.75, 3.05) is 11.8 Å². The molecular formula is C13H21N3O4S. The standard InChI is InChI=1S/C13H21N3O4S/c1-9(2)20-13(17)16-21(18,19)15-12-8-6-5-7-11(12)10(3)14-4/h5-10,14-15H,1-4H3,(H,16,17). The number of anilines is 1. The van der Waals surface area contributed by atoms with Crippen LogP contribution in [0, 0.1) is 0 Å². The third-order valence-electron chi connectivity index (χ3n) is 2.67. The fourth-order valence-electron chi connectivity index (χ4n) is 1.64. The monoisotopic (exact) mass is 315 g/mol. The molecule has 0 radical (unpaired) electrons. The number of carbonyl (C=O) groups excluding carboxylic acids is 1. The lowest BCUT2D eigenvalue weighted by Crippen LogP contribution is -2.37. The summed E-state index contributed by atoms with van der Waals surface area (Å²) < 4.78 is 32.7. The summed E-state index contributed by atoms with van der Waals surface area (Å²) in [6, 6.07) is 6.88. The number of rotatable bonds is 6. The Kier molecular flexibility index (Phi) is 5.98. The molecule has 8 heteroatoms. The Hall–Kier alpha value is -1.80. The molecule has 0 saturated carbocycles. The minimum atomic E-state index is -4.05. The van der Waals surface area contributed by atoms with E-state index in [1.54, 1.807) is 49.9 Å². The summed E-state index contributed by atoms with van der Waals surface area (Å²) in [6.45, 7) is 5.15. The Labute approximate surface area is 125 Å². The summed E-state index contributed by atoms with van der Waals surface area (Å²) in [6.07, 6.45) is -1.42. The van der Waals surface area contributed by atoms with Gasteiger partial charge < -0.3 is 10.1 Å². The summed E-state index contributed by atoms with van der Waals surface area (Å²) in [7, 11) is -2.27. The maximum atomic E-state index is 11.9. The number of ether oxygens (including phenoxy) is 1. The molecule has 0 aromatic heterocycles. The van der Waals surface area contributed by atoms with Crippen molar-refractivity contribution in [1.29, 1.82) is 0 Å². The van der Waals surface area contributed by atoms with Crippen LogP contribution in [0.15, 0.2) is 24.3 Å². The van der Waals surface area contributed by atoms with Crippen LogP contribution in [0.2, 0.25) is 0 Å². The zero-order valence-electron chi connectivity index (χ0n) is 12.5. The highest BCUT2D eigenvalue weighted by atomic mass is 32.2. The van der Waals surface area contributed by atoms with Gasteiger partial charge >= 0.3 is 16.3 Å². The lowest BCUT2D eigenvalue weighted by atomic mass is 10.1. The number of nitrogens with one attached hydrogen (secondary N) is 3. The van der Waals surface area contributed by atoms with E-state index in [0.717, 1.165) is 5.56 Å². The van der Waals surface area contributed by atoms with Crippen molar-refractivity contribution >= 4 is 22.0 Å². The third-order valence-corrected chi connectivity index (χ3v) is 3.59. The number of carbonyl (C=O) groups is 1. The van der Waals surface area contributed by atoms with Gasteiger partial charge in [-0.05, 0) is 39.4 Å². The Morgan fingerprint density at radius 2 is 1.81 bits per heavy atom. The SMILES string of the molecule is CNC(C)c1ccccc1NS(=O)(=O)NC(=O)OC(C)C.